The van der Waals surface area contributed by atoms with Crippen LogP contribution in [0.25, 0.3) is 0 Å². The second-order valence-corrected chi connectivity index (χ2v) is 9.37. The Labute approximate surface area is 149 Å². The van der Waals surface area contributed by atoms with E-state index in [1.807, 2.05) is 4.90 Å². The van der Waals surface area contributed by atoms with Crippen molar-refractivity contribution in [2.75, 3.05) is 39.3 Å². The molecule has 6 nitrogen and oxygen atoms in total. The maximum absolute atomic E-state index is 12.9. The Morgan fingerprint density at radius 2 is 1.72 bits per heavy atom. The SMILES string of the molecule is O=C(C1CCCN(S(=O)(=O)c2ccccc2)C1)N1C[C@H]2CNC[C@H]2C1. The van der Waals surface area contributed by atoms with Crippen molar-refractivity contribution in [3.8, 4) is 0 Å². The summed E-state index contributed by atoms with van der Waals surface area (Å²) in [6, 6.07) is 8.51. The first-order valence-electron chi connectivity index (χ1n) is 9.10. The Kier molecular flexibility index (Phi) is 4.56. The quantitative estimate of drug-likeness (QED) is 0.861. The normalized spacial score (nSPS) is 30.4. The maximum atomic E-state index is 12.9. The summed E-state index contributed by atoms with van der Waals surface area (Å²) < 4.78 is 27.2. The summed E-state index contributed by atoms with van der Waals surface area (Å²) in [5, 5.41) is 3.38. The van der Waals surface area contributed by atoms with E-state index in [1.54, 1.807) is 30.3 Å². The molecule has 3 heterocycles. The van der Waals surface area contributed by atoms with Gasteiger partial charge in [-0.1, -0.05) is 18.2 Å². The van der Waals surface area contributed by atoms with Crippen molar-refractivity contribution >= 4 is 15.9 Å². The molecular formula is C18H25N3O3S. The molecule has 3 saturated heterocycles. The Hall–Kier alpha value is -1.44. The monoisotopic (exact) mass is 363 g/mol. The highest BCUT2D eigenvalue weighted by Gasteiger charge is 2.41. The fraction of sp³-hybridized carbons (Fsp3) is 0.611. The van der Waals surface area contributed by atoms with Crippen molar-refractivity contribution in [2.45, 2.75) is 17.7 Å². The molecule has 1 aromatic rings. The summed E-state index contributed by atoms with van der Waals surface area (Å²) in [7, 11) is -3.51. The number of fused-ring (bicyclic) bond motifs is 1. The van der Waals surface area contributed by atoms with Gasteiger partial charge >= 0.3 is 0 Å². The summed E-state index contributed by atoms with van der Waals surface area (Å²) in [5.41, 5.74) is 0. The minimum atomic E-state index is -3.51. The first-order valence-corrected chi connectivity index (χ1v) is 10.5. The van der Waals surface area contributed by atoms with Crippen LogP contribution in [0.15, 0.2) is 35.2 Å². The van der Waals surface area contributed by atoms with Crippen molar-refractivity contribution < 1.29 is 13.2 Å². The molecule has 7 heteroatoms. The minimum Gasteiger partial charge on any atom is -0.342 e. The number of amides is 1. The van der Waals surface area contributed by atoms with E-state index in [9.17, 15) is 13.2 Å². The highest BCUT2D eigenvalue weighted by atomic mass is 32.2. The van der Waals surface area contributed by atoms with Crippen molar-refractivity contribution in [3.63, 3.8) is 0 Å². The number of hydrogen-bond acceptors (Lipinski definition) is 4. The Balaban J connectivity index is 1.45. The van der Waals surface area contributed by atoms with Gasteiger partial charge in [-0.05, 0) is 36.8 Å². The van der Waals surface area contributed by atoms with Gasteiger partial charge in [-0.2, -0.15) is 4.31 Å². The van der Waals surface area contributed by atoms with Gasteiger partial charge in [0.15, 0.2) is 0 Å². The van der Waals surface area contributed by atoms with Crippen molar-refractivity contribution in [3.05, 3.63) is 30.3 Å². The molecular weight excluding hydrogens is 338 g/mol. The van der Waals surface area contributed by atoms with Crippen LogP contribution < -0.4 is 5.32 Å². The molecule has 0 bridgehead atoms. The molecule has 0 aromatic heterocycles. The molecule has 3 aliphatic rings. The van der Waals surface area contributed by atoms with Gasteiger partial charge in [0.1, 0.15) is 0 Å². The smallest absolute Gasteiger partial charge is 0.243 e. The molecule has 0 aliphatic carbocycles. The lowest BCUT2D eigenvalue weighted by Crippen LogP contribution is -2.46. The molecule has 3 aliphatic heterocycles. The first-order chi connectivity index (χ1) is 12.1. The zero-order valence-electron chi connectivity index (χ0n) is 14.3. The van der Waals surface area contributed by atoms with Crippen molar-refractivity contribution in [2.24, 2.45) is 17.8 Å². The van der Waals surface area contributed by atoms with Crippen molar-refractivity contribution in [1.29, 1.82) is 0 Å². The predicted octanol–water partition coefficient (Wildman–Crippen LogP) is 0.765. The summed E-state index contributed by atoms with van der Waals surface area (Å²) in [6.07, 6.45) is 1.52. The third kappa shape index (κ3) is 3.20. The zero-order valence-corrected chi connectivity index (χ0v) is 15.1. The van der Waals surface area contributed by atoms with Gasteiger partial charge in [0, 0.05) is 39.3 Å². The highest BCUT2D eigenvalue weighted by Crippen LogP contribution is 2.30. The molecule has 0 saturated carbocycles. The zero-order chi connectivity index (χ0) is 17.4. The number of benzene rings is 1. The molecule has 3 atom stereocenters. The van der Waals surface area contributed by atoms with Gasteiger partial charge in [-0.15, -0.1) is 0 Å². The molecule has 1 N–H and O–H groups in total. The first kappa shape index (κ1) is 17.0. The van der Waals surface area contributed by atoms with E-state index in [4.69, 9.17) is 0 Å². The second kappa shape index (κ2) is 6.70. The fourth-order valence-corrected chi connectivity index (χ4v) is 5.94. The van der Waals surface area contributed by atoms with E-state index in [1.165, 1.54) is 4.31 Å². The molecule has 4 rings (SSSR count). The number of carbonyl (C=O) groups excluding carboxylic acids is 1. The van der Waals surface area contributed by atoms with Crippen LogP contribution >= 0.6 is 0 Å². The van der Waals surface area contributed by atoms with E-state index in [0.717, 1.165) is 39.0 Å². The Bertz CT molecular complexity index is 725. The standard InChI is InChI=1S/C18H25N3O3S/c22-18(20-11-15-9-19-10-16(15)12-20)14-5-4-8-21(13-14)25(23,24)17-6-2-1-3-7-17/h1-3,6-7,14-16,19H,4-5,8-13H2/t14?,15-,16+. The third-order valence-corrected chi connectivity index (χ3v) is 7.69. The third-order valence-electron chi connectivity index (χ3n) is 5.82. The van der Waals surface area contributed by atoms with Gasteiger partial charge in [-0.3, -0.25) is 4.79 Å². The molecule has 0 radical (unpaired) electrons. The molecule has 1 aromatic carbocycles. The topological polar surface area (TPSA) is 69.7 Å². The summed E-state index contributed by atoms with van der Waals surface area (Å²) in [6.45, 7) is 4.43. The largest absolute Gasteiger partial charge is 0.342 e. The van der Waals surface area contributed by atoms with E-state index in [0.29, 0.717) is 29.8 Å². The highest BCUT2D eigenvalue weighted by molar-refractivity contribution is 7.89. The van der Waals surface area contributed by atoms with Gasteiger partial charge in [0.25, 0.3) is 0 Å². The van der Waals surface area contributed by atoms with Gasteiger partial charge in [-0.25, -0.2) is 8.42 Å². The van der Waals surface area contributed by atoms with Crippen LogP contribution in [0.5, 0.6) is 0 Å². The number of piperidine rings is 1. The average molecular weight is 363 g/mol. The fourth-order valence-electron chi connectivity index (χ4n) is 4.40. The van der Waals surface area contributed by atoms with Gasteiger partial charge < -0.3 is 10.2 Å². The summed E-state index contributed by atoms with van der Waals surface area (Å²) in [5.74, 6) is 1.06. The average Bonchev–Trinajstić information content (AvgIpc) is 3.24. The summed E-state index contributed by atoms with van der Waals surface area (Å²) in [4.78, 5) is 15.2. The number of rotatable bonds is 3. The van der Waals surface area contributed by atoms with Crippen LogP contribution in [0, 0.1) is 17.8 Å². The number of sulfonamides is 1. The molecule has 0 spiro atoms. The lowest BCUT2D eigenvalue weighted by molar-refractivity contribution is -0.135. The minimum absolute atomic E-state index is 0.141. The number of nitrogens with one attached hydrogen (secondary N) is 1. The van der Waals surface area contributed by atoms with Crippen LogP contribution in [0.4, 0.5) is 0 Å². The lowest BCUT2D eigenvalue weighted by Gasteiger charge is -2.33. The van der Waals surface area contributed by atoms with E-state index in [-0.39, 0.29) is 11.8 Å². The number of likely N-dealkylation sites (tertiary alicyclic amines) is 1. The lowest BCUT2D eigenvalue weighted by atomic mass is 9.98. The number of carbonyl (C=O) groups is 1. The molecule has 25 heavy (non-hydrogen) atoms. The van der Waals surface area contributed by atoms with Crippen LogP contribution in [0.1, 0.15) is 12.8 Å². The number of nitrogens with zero attached hydrogens (tertiary/aromatic N) is 2. The van der Waals surface area contributed by atoms with Crippen LogP contribution in [-0.2, 0) is 14.8 Å². The predicted molar refractivity (Wildman–Crippen MR) is 94.4 cm³/mol. The molecule has 3 fully saturated rings. The number of hydrogen-bond donors (Lipinski definition) is 1. The Morgan fingerprint density at radius 3 is 2.40 bits per heavy atom. The summed E-state index contributed by atoms with van der Waals surface area (Å²) >= 11 is 0. The van der Waals surface area contributed by atoms with Crippen LogP contribution in [0.3, 0.4) is 0 Å². The van der Waals surface area contributed by atoms with Gasteiger partial charge in [0.05, 0.1) is 10.8 Å². The van der Waals surface area contributed by atoms with Gasteiger partial charge in [0.2, 0.25) is 15.9 Å². The van der Waals surface area contributed by atoms with E-state index in [2.05, 4.69) is 5.32 Å². The Morgan fingerprint density at radius 1 is 1.04 bits per heavy atom. The molecule has 1 amide bonds. The van der Waals surface area contributed by atoms with Crippen molar-refractivity contribution in [1.82, 2.24) is 14.5 Å². The van der Waals surface area contributed by atoms with Crippen LogP contribution in [0.2, 0.25) is 0 Å². The van der Waals surface area contributed by atoms with E-state index < -0.39 is 10.0 Å². The molecule has 136 valence electrons. The second-order valence-electron chi connectivity index (χ2n) is 7.44. The molecule has 1 unspecified atom stereocenters. The van der Waals surface area contributed by atoms with E-state index >= 15 is 0 Å². The maximum Gasteiger partial charge on any atom is 0.243 e. The van der Waals surface area contributed by atoms with Crippen LogP contribution in [-0.4, -0.2) is 62.8 Å².